The number of hydrogen-bond acceptors (Lipinski definition) is 4. The number of para-hydroxylation sites is 1. The molecule has 1 aromatic heterocycles. The third-order valence-electron chi connectivity index (χ3n) is 5.45. The molecule has 0 saturated heterocycles. The number of rotatable bonds is 7. The molecule has 0 amide bonds. The van der Waals surface area contributed by atoms with Gasteiger partial charge in [-0.15, -0.1) is 0 Å². The molecule has 32 heavy (non-hydrogen) atoms. The number of pyridine rings is 1. The highest BCUT2D eigenvalue weighted by atomic mass is 16.5. The number of methoxy groups -OCH3 is 1. The normalized spacial score (nSPS) is 10.8. The van der Waals surface area contributed by atoms with Crippen molar-refractivity contribution in [3.8, 4) is 11.5 Å². The predicted octanol–water partition coefficient (Wildman–Crippen LogP) is 5.00. The Morgan fingerprint density at radius 3 is 2.47 bits per heavy atom. The predicted molar refractivity (Wildman–Crippen MR) is 126 cm³/mol. The summed E-state index contributed by atoms with van der Waals surface area (Å²) in [6, 6.07) is 20.4. The molecule has 0 fully saturated rings. The van der Waals surface area contributed by atoms with Gasteiger partial charge in [-0.1, -0.05) is 48.0 Å². The fourth-order valence-corrected chi connectivity index (χ4v) is 3.80. The molecule has 0 saturated carbocycles. The monoisotopic (exact) mass is 427 g/mol. The lowest BCUT2D eigenvalue weighted by Gasteiger charge is -2.16. The molecular weight excluding hydrogens is 402 g/mol. The molecular formula is C27H25NO4. The molecule has 0 radical (unpaired) electrons. The highest BCUT2D eigenvalue weighted by molar-refractivity contribution is 6.10. The zero-order chi connectivity index (χ0) is 22.7. The van der Waals surface area contributed by atoms with E-state index in [0.29, 0.717) is 29.9 Å². The smallest absolute Gasteiger partial charge is 0.200 e. The van der Waals surface area contributed by atoms with Crippen LogP contribution in [0.3, 0.4) is 0 Å². The summed E-state index contributed by atoms with van der Waals surface area (Å²) >= 11 is 0. The van der Waals surface area contributed by atoms with E-state index in [-0.39, 0.29) is 16.8 Å². The Kier molecular flexibility index (Phi) is 6.08. The van der Waals surface area contributed by atoms with Gasteiger partial charge in [0.1, 0.15) is 11.5 Å². The van der Waals surface area contributed by atoms with E-state index >= 15 is 0 Å². The lowest BCUT2D eigenvalue weighted by molar-refractivity contribution is 0.103. The fourth-order valence-electron chi connectivity index (χ4n) is 3.80. The zero-order valence-electron chi connectivity index (χ0n) is 18.4. The molecule has 0 aliphatic carbocycles. The van der Waals surface area contributed by atoms with Crippen LogP contribution in [0.25, 0.3) is 10.9 Å². The maximum atomic E-state index is 13.4. The number of ether oxygens (including phenoxy) is 2. The molecule has 0 spiro atoms. The van der Waals surface area contributed by atoms with Gasteiger partial charge in [-0.25, -0.2) is 0 Å². The molecule has 5 heteroatoms. The van der Waals surface area contributed by atoms with Gasteiger partial charge in [-0.3, -0.25) is 9.59 Å². The van der Waals surface area contributed by atoms with Gasteiger partial charge in [-0.2, -0.15) is 0 Å². The van der Waals surface area contributed by atoms with Gasteiger partial charge >= 0.3 is 0 Å². The van der Waals surface area contributed by atoms with Crippen LogP contribution in [0.4, 0.5) is 0 Å². The van der Waals surface area contributed by atoms with Gasteiger partial charge in [-0.05, 0) is 38.1 Å². The lowest BCUT2D eigenvalue weighted by atomic mass is 10.0. The molecule has 4 aromatic rings. The van der Waals surface area contributed by atoms with Gasteiger partial charge < -0.3 is 14.0 Å². The van der Waals surface area contributed by atoms with E-state index < -0.39 is 0 Å². The standard InChI is InChI=1S/C27H25NO4/c1-4-32-21-13-14-24-22(15-21)27(30)23(26(29)19-11-9-18(2)10-12-19)17-28(24)16-20-7-5-6-8-25(20)31-3/h5-15,17H,4,16H2,1-3H3. The van der Waals surface area contributed by atoms with E-state index in [0.717, 1.165) is 22.4 Å². The summed E-state index contributed by atoms with van der Waals surface area (Å²) < 4.78 is 13.0. The molecule has 162 valence electrons. The summed E-state index contributed by atoms with van der Waals surface area (Å²) in [5.74, 6) is 1.05. The topological polar surface area (TPSA) is 57.5 Å². The quantitative estimate of drug-likeness (QED) is 0.390. The molecule has 4 rings (SSSR count). The van der Waals surface area contributed by atoms with Crippen molar-refractivity contribution < 1.29 is 14.3 Å². The number of aromatic nitrogens is 1. The molecule has 0 unspecified atom stereocenters. The van der Waals surface area contributed by atoms with Crippen molar-refractivity contribution >= 4 is 16.7 Å². The van der Waals surface area contributed by atoms with Gasteiger partial charge in [0.05, 0.1) is 36.7 Å². The molecule has 0 aliphatic rings. The van der Waals surface area contributed by atoms with Crippen molar-refractivity contribution in [2.75, 3.05) is 13.7 Å². The fraction of sp³-hybridized carbons (Fsp3) is 0.185. The number of benzene rings is 3. The minimum Gasteiger partial charge on any atom is -0.496 e. The highest BCUT2D eigenvalue weighted by Crippen LogP contribution is 2.24. The average molecular weight is 428 g/mol. The van der Waals surface area contributed by atoms with Crippen LogP contribution < -0.4 is 14.9 Å². The Bertz CT molecular complexity index is 1340. The van der Waals surface area contributed by atoms with Crippen LogP contribution in [-0.2, 0) is 6.54 Å². The second-order valence-corrected chi connectivity index (χ2v) is 7.62. The first kappa shape index (κ1) is 21.4. The largest absolute Gasteiger partial charge is 0.496 e. The minimum absolute atomic E-state index is 0.130. The third-order valence-corrected chi connectivity index (χ3v) is 5.45. The summed E-state index contributed by atoms with van der Waals surface area (Å²) in [7, 11) is 1.63. The summed E-state index contributed by atoms with van der Waals surface area (Å²) in [5, 5.41) is 0.448. The molecule has 5 nitrogen and oxygen atoms in total. The van der Waals surface area contributed by atoms with Crippen LogP contribution >= 0.6 is 0 Å². The summed E-state index contributed by atoms with van der Waals surface area (Å²) in [6.07, 6.45) is 1.65. The minimum atomic E-state index is -0.302. The first-order valence-corrected chi connectivity index (χ1v) is 10.5. The average Bonchev–Trinajstić information content (AvgIpc) is 2.81. The molecule has 0 bridgehead atoms. The van der Waals surface area contributed by atoms with E-state index in [2.05, 4.69) is 0 Å². The second kappa shape index (κ2) is 9.10. The Hall–Kier alpha value is -3.86. The second-order valence-electron chi connectivity index (χ2n) is 7.62. The number of nitrogens with zero attached hydrogens (tertiary/aromatic N) is 1. The van der Waals surface area contributed by atoms with Crippen molar-refractivity contribution in [1.29, 1.82) is 0 Å². The van der Waals surface area contributed by atoms with E-state index in [1.165, 1.54) is 0 Å². The third kappa shape index (κ3) is 4.14. The van der Waals surface area contributed by atoms with E-state index in [4.69, 9.17) is 9.47 Å². The number of hydrogen-bond donors (Lipinski definition) is 0. The zero-order valence-corrected chi connectivity index (χ0v) is 18.4. The maximum absolute atomic E-state index is 13.4. The van der Waals surface area contributed by atoms with E-state index in [9.17, 15) is 9.59 Å². The summed E-state index contributed by atoms with van der Waals surface area (Å²) in [4.78, 5) is 26.7. The molecule has 0 atom stereocenters. The van der Waals surface area contributed by atoms with Gasteiger partial charge in [0.25, 0.3) is 0 Å². The Labute approximate surface area is 186 Å². The van der Waals surface area contributed by atoms with Gasteiger partial charge in [0, 0.05) is 17.3 Å². The van der Waals surface area contributed by atoms with Crippen molar-refractivity contribution in [1.82, 2.24) is 4.57 Å². The highest BCUT2D eigenvalue weighted by Gasteiger charge is 2.18. The van der Waals surface area contributed by atoms with Crippen molar-refractivity contribution in [2.24, 2.45) is 0 Å². The van der Waals surface area contributed by atoms with Gasteiger partial charge in [0.15, 0.2) is 5.78 Å². The number of fused-ring (bicyclic) bond motifs is 1. The van der Waals surface area contributed by atoms with Crippen LogP contribution in [0.1, 0.15) is 34.0 Å². The number of ketones is 1. The van der Waals surface area contributed by atoms with Crippen LogP contribution in [0.2, 0.25) is 0 Å². The molecule has 3 aromatic carbocycles. The number of aryl methyl sites for hydroxylation is 1. The van der Waals surface area contributed by atoms with Crippen molar-refractivity contribution in [3.05, 3.63) is 105 Å². The first-order valence-electron chi connectivity index (χ1n) is 10.5. The molecule has 1 heterocycles. The summed E-state index contributed by atoms with van der Waals surface area (Å²) in [6.45, 7) is 4.78. The van der Waals surface area contributed by atoms with Crippen LogP contribution in [0, 0.1) is 6.92 Å². The Morgan fingerprint density at radius 1 is 1.00 bits per heavy atom. The van der Waals surface area contributed by atoms with Gasteiger partial charge in [0.2, 0.25) is 5.43 Å². The SMILES string of the molecule is CCOc1ccc2c(c1)c(=O)c(C(=O)c1ccc(C)cc1)cn2Cc1ccccc1OC. The van der Waals surface area contributed by atoms with Crippen molar-refractivity contribution in [3.63, 3.8) is 0 Å². The van der Waals surface area contributed by atoms with Crippen molar-refractivity contribution in [2.45, 2.75) is 20.4 Å². The van der Waals surface area contributed by atoms with Crippen LogP contribution in [0.5, 0.6) is 11.5 Å². The van der Waals surface area contributed by atoms with E-state index in [1.54, 1.807) is 31.5 Å². The van der Waals surface area contributed by atoms with E-state index in [1.807, 2.05) is 66.9 Å². The van der Waals surface area contributed by atoms with Crippen LogP contribution in [-0.4, -0.2) is 24.1 Å². The first-order chi connectivity index (χ1) is 15.5. The number of carbonyl (C=O) groups excluding carboxylic acids is 1. The maximum Gasteiger partial charge on any atom is 0.200 e. The Morgan fingerprint density at radius 2 is 1.75 bits per heavy atom. The number of carbonyl (C=O) groups is 1. The Balaban J connectivity index is 1.91. The molecule has 0 aliphatic heterocycles. The summed E-state index contributed by atoms with van der Waals surface area (Å²) in [5.41, 5.74) is 3.03. The molecule has 0 N–H and O–H groups in total. The van der Waals surface area contributed by atoms with Crippen LogP contribution in [0.15, 0.2) is 77.7 Å². The lowest BCUT2D eigenvalue weighted by Crippen LogP contribution is -2.20.